The number of primary amides is 1. The van der Waals surface area contributed by atoms with Crippen molar-refractivity contribution in [3.05, 3.63) is 46.5 Å². The molecule has 0 atom stereocenters. The fourth-order valence-corrected chi connectivity index (χ4v) is 1.93. The van der Waals surface area contributed by atoms with E-state index in [2.05, 4.69) is 38.1 Å². The zero-order valence-electron chi connectivity index (χ0n) is 12.4. The number of hydrogen-bond donors (Lipinski definition) is 1. The van der Waals surface area contributed by atoms with Crippen molar-refractivity contribution in [2.45, 2.75) is 33.6 Å². The molecular formula is C16H24N2O. The number of rotatable bonds is 1. The minimum absolute atomic E-state index is 0.373. The monoisotopic (exact) mass is 260 g/mol. The molecule has 2 amide bonds. The number of allylic oxidation sites excluding steroid dienone is 2. The Bertz CT molecular complexity index is 444. The quantitative estimate of drug-likeness (QED) is 0.775. The molecule has 1 aromatic rings. The van der Waals surface area contributed by atoms with Gasteiger partial charge in [-0.2, -0.15) is 0 Å². The van der Waals surface area contributed by atoms with Crippen LogP contribution >= 0.6 is 0 Å². The van der Waals surface area contributed by atoms with Crippen molar-refractivity contribution < 1.29 is 4.79 Å². The average Bonchev–Trinajstić information content (AvgIpc) is 2.39. The molecule has 3 heteroatoms. The normalized spacial score (nSPS) is 13.3. The summed E-state index contributed by atoms with van der Waals surface area (Å²) >= 11 is 0. The lowest BCUT2D eigenvalue weighted by atomic mass is 9.88. The van der Waals surface area contributed by atoms with E-state index in [0.717, 1.165) is 12.8 Å². The summed E-state index contributed by atoms with van der Waals surface area (Å²) in [5.74, 6) is 0. The van der Waals surface area contributed by atoms with Gasteiger partial charge in [0.05, 0.1) is 0 Å². The van der Waals surface area contributed by atoms with Gasteiger partial charge in [-0.1, -0.05) is 35.4 Å². The van der Waals surface area contributed by atoms with Gasteiger partial charge in [-0.15, -0.1) is 0 Å². The van der Waals surface area contributed by atoms with Crippen LogP contribution in [0.5, 0.6) is 0 Å². The third-order valence-electron chi connectivity index (χ3n) is 3.61. The first-order valence-corrected chi connectivity index (χ1v) is 6.68. The highest BCUT2D eigenvalue weighted by Gasteiger charge is 2.10. The zero-order chi connectivity index (χ0) is 14.4. The maximum absolute atomic E-state index is 10.1. The molecule has 2 N–H and O–H groups in total. The van der Waals surface area contributed by atoms with Crippen LogP contribution in [0.1, 0.15) is 31.9 Å². The number of urea groups is 1. The number of nitrogens with zero attached hydrogens (tertiary/aromatic N) is 1. The zero-order valence-corrected chi connectivity index (χ0v) is 12.4. The molecule has 0 aliphatic heterocycles. The third-order valence-corrected chi connectivity index (χ3v) is 3.61. The topological polar surface area (TPSA) is 46.3 Å². The number of hydrogen-bond acceptors (Lipinski definition) is 1. The first kappa shape index (κ1) is 15.3. The lowest BCUT2D eigenvalue weighted by molar-refractivity contribution is 0.221. The molecule has 0 saturated heterocycles. The van der Waals surface area contributed by atoms with E-state index in [1.807, 2.05) is 6.92 Å². The van der Waals surface area contributed by atoms with Crippen molar-refractivity contribution in [1.29, 1.82) is 0 Å². The van der Waals surface area contributed by atoms with Crippen molar-refractivity contribution in [1.82, 2.24) is 4.90 Å². The minimum atomic E-state index is -0.373. The molecule has 2 rings (SSSR count). The molecule has 0 fully saturated rings. The van der Waals surface area contributed by atoms with E-state index >= 15 is 0 Å². The lowest BCUT2D eigenvalue weighted by Crippen LogP contribution is -2.31. The molecule has 0 bridgehead atoms. The van der Waals surface area contributed by atoms with Crippen LogP contribution in [0.15, 0.2) is 35.4 Å². The Morgan fingerprint density at radius 3 is 1.84 bits per heavy atom. The van der Waals surface area contributed by atoms with E-state index in [1.165, 1.54) is 16.0 Å². The molecule has 19 heavy (non-hydrogen) atoms. The molecule has 0 aromatic heterocycles. The van der Waals surface area contributed by atoms with Gasteiger partial charge in [-0.25, -0.2) is 4.79 Å². The molecule has 0 unspecified atom stereocenters. The summed E-state index contributed by atoms with van der Waals surface area (Å²) < 4.78 is 0. The molecular weight excluding hydrogens is 236 g/mol. The molecule has 1 aromatic carbocycles. The first-order valence-electron chi connectivity index (χ1n) is 6.68. The number of amides is 2. The van der Waals surface area contributed by atoms with Crippen molar-refractivity contribution in [2.75, 3.05) is 13.6 Å². The first-order chi connectivity index (χ1) is 8.95. The fourth-order valence-electron chi connectivity index (χ4n) is 1.93. The average molecular weight is 260 g/mol. The SMILES string of the molecule is CC1=C(C)Cc2ccccc2C1.CCN(C)C(N)=O. The Kier molecular flexibility index (Phi) is 5.61. The second kappa shape index (κ2) is 6.98. The predicted octanol–water partition coefficient (Wildman–Crippen LogP) is 3.14. The summed E-state index contributed by atoms with van der Waals surface area (Å²) in [6, 6.07) is 8.37. The fraction of sp³-hybridized carbons (Fsp3) is 0.438. The molecule has 104 valence electrons. The van der Waals surface area contributed by atoms with Crippen molar-refractivity contribution in [2.24, 2.45) is 5.73 Å². The molecule has 1 aliphatic rings. The molecule has 1 aliphatic carbocycles. The van der Waals surface area contributed by atoms with E-state index in [1.54, 1.807) is 18.2 Å². The van der Waals surface area contributed by atoms with E-state index in [0.29, 0.717) is 6.54 Å². The summed E-state index contributed by atoms with van der Waals surface area (Å²) in [5.41, 5.74) is 11.0. The second-order valence-corrected chi connectivity index (χ2v) is 5.04. The number of benzene rings is 1. The van der Waals surface area contributed by atoms with Gasteiger partial charge in [0.2, 0.25) is 0 Å². The largest absolute Gasteiger partial charge is 0.352 e. The summed E-state index contributed by atoms with van der Waals surface area (Å²) in [7, 11) is 1.66. The number of nitrogens with two attached hydrogens (primary N) is 1. The van der Waals surface area contributed by atoms with Gasteiger partial charge >= 0.3 is 6.03 Å². The standard InChI is InChI=1S/C12H14.C4H10N2O/c1-9-7-11-5-3-4-6-12(11)8-10(9)2;1-3-6(2)4(5)7/h3-6H,7-8H2,1-2H3;3H2,1-2H3,(H2,5,7). The second-order valence-electron chi connectivity index (χ2n) is 5.04. The van der Waals surface area contributed by atoms with E-state index in [4.69, 9.17) is 5.73 Å². The molecule has 0 radical (unpaired) electrons. The Hall–Kier alpha value is -1.77. The smallest absolute Gasteiger partial charge is 0.314 e. The van der Waals surface area contributed by atoms with Crippen LogP contribution in [0.3, 0.4) is 0 Å². The highest BCUT2D eigenvalue weighted by atomic mass is 16.2. The Morgan fingerprint density at radius 2 is 1.58 bits per heavy atom. The highest BCUT2D eigenvalue weighted by Crippen LogP contribution is 2.24. The minimum Gasteiger partial charge on any atom is -0.352 e. The van der Waals surface area contributed by atoms with Crippen molar-refractivity contribution >= 4 is 6.03 Å². The lowest BCUT2D eigenvalue weighted by Gasteiger charge is -2.18. The van der Waals surface area contributed by atoms with E-state index in [9.17, 15) is 4.79 Å². The van der Waals surface area contributed by atoms with E-state index < -0.39 is 0 Å². The van der Waals surface area contributed by atoms with Crippen LogP contribution in [0.25, 0.3) is 0 Å². The van der Waals surface area contributed by atoms with Gasteiger partial charge in [-0.3, -0.25) is 0 Å². The van der Waals surface area contributed by atoms with Gasteiger partial charge in [-0.05, 0) is 44.7 Å². The van der Waals surface area contributed by atoms with Crippen LogP contribution in [0.4, 0.5) is 4.79 Å². The Labute approximate surface area is 116 Å². The summed E-state index contributed by atoms with van der Waals surface area (Å²) in [5, 5.41) is 0. The van der Waals surface area contributed by atoms with E-state index in [-0.39, 0.29) is 6.03 Å². The highest BCUT2D eigenvalue weighted by molar-refractivity contribution is 5.71. The summed E-state index contributed by atoms with van der Waals surface area (Å²) in [6.07, 6.45) is 2.31. The van der Waals surface area contributed by atoms with Gasteiger partial charge in [0.25, 0.3) is 0 Å². The van der Waals surface area contributed by atoms with Crippen LogP contribution in [-0.2, 0) is 12.8 Å². The predicted molar refractivity (Wildman–Crippen MR) is 80.1 cm³/mol. The summed E-state index contributed by atoms with van der Waals surface area (Å²) in [4.78, 5) is 11.5. The third kappa shape index (κ3) is 4.43. The van der Waals surface area contributed by atoms with Gasteiger partial charge in [0.15, 0.2) is 0 Å². The Morgan fingerprint density at radius 1 is 1.16 bits per heavy atom. The van der Waals surface area contributed by atoms with Crippen LogP contribution in [0.2, 0.25) is 0 Å². The van der Waals surface area contributed by atoms with Crippen molar-refractivity contribution in [3.8, 4) is 0 Å². The molecule has 0 saturated carbocycles. The molecule has 3 nitrogen and oxygen atoms in total. The number of carbonyl (C=O) groups excluding carboxylic acids is 1. The molecule has 0 spiro atoms. The summed E-state index contributed by atoms with van der Waals surface area (Å²) in [6.45, 7) is 7.02. The van der Waals surface area contributed by atoms with Crippen LogP contribution < -0.4 is 5.73 Å². The van der Waals surface area contributed by atoms with Gasteiger partial charge < -0.3 is 10.6 Å². The van der Waals surface area contributed by atoms with Crippen LogP contribution in [-0.4, -0.2) is 24.5 Å². The van der Waals surface area contributed by atoms with Gasteiger partial charge in [0.1, 0.15) is 0 Å². The van der Waals surface area contributed by atoms with Gasteiger partial charge in [0, 0.05) is 13.6 Å². The number of carbonyl (C=O) groups is 1. The maximum Gasteiger partial charge on any atom is 0.314 e. The number of fused-ring (bicyclic) bond motifs is 1. The maximum atomic E-state index is 10.1. The Balaban J connectivity index is 0.000000224. The molecule has 0 heterocycles. The van der Waals surface area contributed by atoms with Crippen molar-refractivity contribution in [3.63, 3.8) is 0 Å². The van der Waals surface area contributed by atoms with Crippen LogP contribution in [0, 0.1) is 0 Å².